The summed E-state index contributed by atoms with van der Waals surface area (Å²) in [5.41, 5.74) is -4.29. The molecule has 4 nitrogen and oxygen atoms in total. The molecular formula is C26H20Cl2F10N2O2. The number of carbonyl (C=O) groups excluding carboxylic acids is 2. The van der Waals surface area contributed by atoms with E-state index in [0.29, 0.717) is 12.1 Å². The van der Waals surface area contributed by atoms with Crippen molar-refractivity contribution in [1.29, 1.82) is 0 Å². The number of rotatable bonds is 9. The predicted octanol–water partition coefficient (Wildman–Crippen LogP) is 8.19. The number of hydrogen-bond acceptors (Lipinski definition) is 2. The lowest BCUT2D eigenvalue weighted by atomic mass is 9.94. The highest BCUT2D eigenvalue weighted by molar-refractivity contribution is 6.36. The Morgan fingerprint density at radius 2 is 1.55 bits per heavy atom. The van der Waals surface area contributed by atoms with Crippen LogP contribution in [0.1, 0.15) is 45.5 Å². The topological polar surface area (TPSA) is 58.2 Å². The number of carbonyl (C=O) groups is 2. The number of nitrogens with one attached hydrogen (secondary N) is 2. The third kappa shape index (κ3) is 9.38. The lowest BCUT2D eigenvalue weighted by Crippen LogP contribution is -2.47. The largest absolute Gasteiger partial charge is 0.417 e. The van der Waals surface area contributed by atoms with Gasteiger partial charge in [-0.25, -0.2) is 4.39 Å². The summed E-state index contributed by atoms with van der Waals surface area (Å²) < 4.78 is 135. The number of hydrogen-bond donors (Lipinski definition) is 2. The summed E-state index contributed by atoms with van der Waals surface area (Å²) >= 11 is 12.0. The van der Waals surface area contributed by atoms with Crippen LogP contribution in [0.25, 0.3) is 5.83 Å². The zero-order valence-electron chi connectivity index (χ0n) is 21.2. The average Bonchev–Trinajstić information content (AvgIpc) is 2.85. The molecule has 0 saturated heterocycles. The van der Waals surface area contributed by atoms with E-state index in [9.17, 15) is 49.1 Å². The number of alkyl halides is 9. The van der Waals surface area contributed by atoms with Crippen molar-refractivity contribution in [1.82, 2.24) is 10.6 Å². The van der Waals surface area contributed by atoms with E-state index in [1.807, 2.05) is 0 Å². The number of halogens is 12. The molecule has 0 bridgehead atoms. The number of amides is 2. The average molecular weight is 653 g/mol. The summed E-state index contributed by atoms with van der Waals surface area (Å²) in [6, 6.07) is 1.16. The van der Waals surface area contributed by atoms with Gasteiger partial charge in [0.25, 0.3) is 5.91 Å². The highest BCUT2D eigenvalue weighted by Gasteiger charge is 2.41. The van der Waals surface area contributed by atoms with Gasteiger partial charge in [-0.3, -0.25) is 9.59 Å². The second-order valence-corrected chi connectivity index (χ2v) is 9.59. The molecule has 0 fully saturated rings. The Balaban J connectivity index is 2.47. The highest BCUT2D eigenvalue weighted by atomic mass is 35.5. The van der Waals surface area contributed by atoms with Gasteiger partial charge in [0.2, 0.25) is 5.91 Å². The molecule has 0 aliphatic carbocycles. The Hall–Kier alpha value is -3.26. The molecule has 0 saturated carbocycles. The molecule has 2 atom stereocenters. The minimum Gasteiger partial charge on any atom is -0.345 e. The zero-order chi connectivity index (χ0) is 32.2. The van der Waals surface area contributed by atoms with Gasteiger partial charge in [-0.2, -0.15) is 39.5 Å². The second-order valence-electron chi connectivity index (χ2n) is 8.78. The molecule has 16 heteroatoms. The third-order valence-corrected chi connectivity index (χ3v) is 6.26. The van der Waals surface area contributed by atoms with Crippen LogP contribution in [-0.4, -0.2) is 36.8 Å². The van der Waals surface area contributed by atoms with E-state index in [1.165, 1.54) is 11.4 Å². The molecule has 2 aromatic rings. The number of benzene rings is 2. The van der Waals surface area contributed by atoms with Crippen molar-refractivity contribution in [3.05, 3.63) is 86.9 Å². The van der Waals surface area contributed by atoms with Gasteiger partial charge in [0.05, 0.1) is 11.1 Å². The molecule has 230 valence electrons. The van der Waals surface area contributed by atoms with E-state index in [-0.39, 0.29) is 34.2 Å². The van der Waals surface area contributed by atoms with E-state index in [2.05, 4.69) is 6.58 Å². The third-order valence-electron chi connectivity index (χ3n) is 5.59. The Labute approximate surface area is 242 Å². The van der Waals surface area contributed by atoms with E-state index >= 15 is 4.39 Å². The van der Waals surface area contributed by atoms with Crippen LogP contribution in [0.5, 0.6) is 0 Å². The highest BCUT2D eigenvalue weighted by Crippen LogP contribution is 2.42. The first-order chi connectivity index (χ1) is 19.2. The summed E-state index contributed by atoms with van der Waals surface area (Å²) in [6.07, 6.45) is -13.8. The van der Waals surface area contributed by atoms with Crippen molar-refractivity contribution in [2.45, 2.75) is 43.8 Å². The molecule has 0 radical (unpaired) electrons. The molecule has 0 aliphatic heterocycles. The second kappa shape index (κ2) is 13.4. The number of allylic oxidation sites excluding steroid dienone is 2. The fourth-order valence-corrected chi connectivity index (χ4v) is 4.23. The maximum absolute atomic E-state index is 15.1. The van der Waals surface area contributed by atoms with Crippen LogP contribution in [0.3, 0.4) is 0 Å². The van der Waals surface area contributed by atoms with Crippen LogP contribution < -0.4 is 10.6 Å². The normalized spacial score (nSPS) is 14.3. The van der Waals surface area contributed by atoms with Crippen LogP contribution in [0, 0.1) is 0 Å². The molecular weight excluding hydrogens is 633 g/mol. The van der Waals surface area contributed by atoms with Crippen molar-refractivity contribution >= 4 is 40.8 Å². The molecule has 0 aromatic heterocycles. The molecule has 2 amide bonds. The van der Waals surface area contributed by atoms with Gasteiger partial charge < -0.3 is 10.6 Å². The fourth-order valence-electron chi connectivity index (χ4n) is 3.57. The molecule has 2 aromatic carbocycles. The van der Waals surface area contributed by atoms with Gasteiger partial charge in [0, 0.05) is 15.6 Å². The first-order valence-electron chi connectivity index (χ1n) is 11.5. The van der Waals surface area contributed by atoms with Gasteiger partial charge in [-0.15, -0.1) is 6.58 Å². The minimum absolute atomic E-state index is 0.0114. The van der Waals surface area contributed by atoms with Gasteiger partial charge >= 0.3 is 18.5 Å². The minimum atomic E-state index is -5.34. The predicted molar refractivity (Wildman–Crippen MR) is 136 cm³/mol. The maximum atomic E-state index is 15.1. The molecule has 1 unspecified atom stereocenters. The van der Waals surface area contributed by atoms with Crippen LogP contribution >= 0.6 is 23.2 Å². The van der Waals surface area contributed by atoms with Crippen LogP contribution in [0.2, 0.25) is 10.0 Å². The Morgan fingerprint density at radius 1 is 0.976 bits per heavy atom. The molecule has 42 heavy (non-hydrogen) atoms. The van der Waals surface area contributed by atoms with E-state index in [4.69, 9.17) is 23.2 Å². The van der Waals surface area contributed by atoms with Crippen molar-refractivity contribution < 1.29 is 53.5 Å². The van der Waals surface area contributed by atoms with E-state index in [1.54, 1.807) is 5.32 Å². The van der Waals surface area contributed by atoms with Gasteiger partial charge in [-0.1, -0.05) is 35.3 Å². The molecule has 0 spiro atoms. The SMILES string of the molecule is C=CCc1c(Cl)cc(C(/C=C(\F)c2ccc(C(=O)N[C@H](C)C(=O)NCC(F)(F)F)c(C(F)(F)F)c2)C(F)(F)F)cc1Cl. The van der Waals surface area contributed by atoms with E-state index in [0.717, 1.165) is 19.1 Å². The fraction of sp³-hybridized carbons (Fsp3) is 0.308. The van der Waals surface area contributed by atoms with Crippen molar-refractivity contribution in [3.63, 3.8) is 0 Å². The summed E-state index contributed by atoms with van der Waals surface area (Å²) in [5.74, 6) is -7.36. The van der Waals surface area contributed by atoms with Crippen LogP contribution in [0.15, 0.2) is 49.1 Å². The smallest absolute Gasteiger partial charge is 0.345 e. The van der Waals surface area contributed by atoms with Gasteiger partial charge in [0.1, 0.15) is 24.3 Å². The maximum Gasteiger partial charge on any atom is 0.417 e. The van der Waals surface area contributed by atoms with E-state index < -0.39 is 76.9 Å². The van der Waals surface area contributed by atoms with Gasteiger partial charge in [-0.05, 0) is 54.8 Å². The summed E-state index contributed by atoms with van der Waals surface area (Å²) in [7, 11) is 0. The quantitative estimate of drug-likeness (QED) is 0.212. The van der Waals surface area contributed by atoms with Crippen molar-refractivity contribution in [2.24, 2.45) is 0 Å². The van der Waals surface area contributed by atoms with Crippen LogP contribution in [-0.2, 0) is 17.4 Å². The summed E-state index contributed by atoms with van der Waals surface area (Å²) in [5, 5.41) is 2.85. The Morgan fingerprint density at radius 3 is 2.02 bits per heavy atom. The summed E-state index contributed by atoms with van der Waals surface area (Å²) in [4.78, 5) is 24.2. The van der Waals surface area contributed by atoms with Gasteiger partial charge in [0.15, 0.2) is 0 Å². The molecule has 0 aliphatic rings. The Kier molecular flexibility index (Phi) is 11.1. The van der Waals surface area contributed by atoms with Crippen molar-refractivity contribution in [3.8, 4) is 0 Å². The first-order valence-corrected chi connectivity index (χ1v) is 12.3. The van der Waals surface area contributed by atoms with Crippen molar-refractivity contribution in [2.75, 3.05) is 6.54 Å². The molecule has 2 N–H and O–H groups in total. The zero-order valence-corrected chi connectivity index (χ0v) is 22.7. The summed E-state index contributed by atoms with van der Waals surface area (Å²) in [6.45, 7) is 2.60. The standard InChI is InChI=1S/C26H20Cl2F10N2O2/c1-3-4-16-19(27)8-14(9-20(16)28)17(25(33,34)35)10-21(29)13-5-6-15(18(7-13)26(36,37)38)23(42)40-12(2)22(41)39-11-24(30,31)32/h3,5-10,12,17H,1,4,11H2,2H3,(H,39,41)(H,40,42)/b21-10-/t12-,17?/m1/s1. The lowest BCUT2D eigenvalue weighted by molar-refractivity contribution is -0.140. The monoisotopic (exact) mass is 652 g/mol. The molecule has 2 rings (SSSR count). The first kappa shape index (κ1) is 34.9. The Bertz CT molecular complexity index is 1350. The lowest BCUT2D eigenvalue weighted by Gasteiger charge is -2.20. The molecule has 0 heterocycles. The van der Waals surface area contributed by atoms with Crippen LogP contribution in [0.4, 0.5) is 43.9 Å².